The molecular formula is C35H36Cl3N3O5S. The highest BCUT2D eigenvalue weighted by atomic mass is 35.5. The predicted molar refractivity (Wildman–Crippen MR) is 188 cm³/mol. The molecule has 8 nitrogen and oxygen atoms in total. The number of carbonyl (C=O) groups excluding carboxylic acids is 2. The van der Waals surface area contributed by atoms with Gasteiger partial charge in [0.15, 0.2) is 0 Å². The second kappa shape index (κ2) is 16.9. The summed E-state index contributed by atoms with van der Waals surface area (Å²) in [7, 11) is -4.30. The van der Waals surface area contributed by atoms with Crippen molar-refractivity contribution < 1.29 is 22.7 Å². The molecule has 0 bridgehead atoms. The first-order chi connectivity index (χ1) is 22.5. The molecule has 0 aromatic heterocycles. The number of rotatable bonds is 15. The van der Waals surface area contributed by atoms with Gasteiger partial charge in [-0.25, -0.2) is 8.42 Å². The van der Waals surface area contributed by atoms with Crippen LogP contribution in [-0.2, 0) is 32.6 Å². The van der Waals surface area contributed by atoms with Gasteiger partial charge in [0.1, 0.15) is 18.3 Å². The molecule has 4 rings (SSSR count). The highest BCUT2D eigenvalue weighted by Crippen LogP contribution is 2.30. The highest BCUT2D eigenvalue weighted by molar-refractivity contribution is 7.92. The van der Waals surface area contributed by atoms with Crippen molar-refractivity contribution in [2.24, 2.45) is 0 Å². The number of benzene rings is 4. The molecule has 0 heterocycles. The van der Waals surface area contributed by atoms with Crippen LogP contribution in [0, 0.1) is 0 Å². The number of hydrogen-bond donors (Lipinski definition) is 1. The number of halogens is 3. The number of anilines is 1. The van der Waals surface area contributed by atoms with E-state index in [-0.39, 0.29) is 29.5 Å². The lowest BCUT2D eigenvalue weighted by molar-refractivity contribution is -0.140. The van der Waals surface area contributed by atoms with Crippen LogP contribution in [0.3, 0.4) is 0 Å². The van der Waals surface area contributed by atoms with Crippen LogP contribution in [0.5, 0.6) is 5.75 Å². The maximum Gasteiger partial charge on any atom is 0.264 e. The number of hydrogen-bond acceptors (Lipinski definition) is 5. The first-order valence-electron chi connectivity index (χ1n) is 15.1. The van der Waals surface area contributed by atoms with Crippen LogP contribution in [0.1, 0.15) is 31.4 Å². The summed E-state index contributed by atoms with van der Waals surface area (Å²) in [5.74, 6) is -0.489. The summed E-state index contributed by atoms with van der Waals surface area (Å²) in [4.78, 5) is 29.6. The molecule has 0 spiro atoms. The minimum absolute atomic E-state index is 0.0641. The van der Waals surface area contributed by atoms with Gasteiger partial charge in [0, 0.05) is 40.1 Å². The number of nitrogens with one attached hydrogen (secondary N) is 1. The monoisotopic (exact) mass is 715 g/mol. The number of carbonyl (C=O) groups is 2. The highest BCUT2D eigenvalue weighted by Gasteiger charge is 2.35. The largest absolute Gasteiger partial charge is 0.494 e. The Labute approximate surface area is 291 Å². The summed E-state index contributed by atoms with van der Waals surface area (Å²) in [6.45, 7) is 3.80. The molecule has 4 aromatic carbocycles. The summed E-state index contributed by atoms with van der Waals surface area (Å²) in [5.41, 5.74) is 1.46. The van der Waals surface area contributed by atoms with E-state index in [0.717, 1.165) is 9.87 Å². The average Bonchev–Trinajstić information content (AvgIpc) is 3.06. The van der Waals surface area contributed by atoms with Crippen molar-refractivity contribution in [3.63, 3.8) is 0 Å². The molecular weight excluding hydrogens is 681 g/mol. The van der Waals surface area contributed by atoms with Crippen LogP contribution in [-0.4, -0.2) is 50.9 Å². The fourth-order valence-corrected chi connectivity index (χ4v) is 6.97. The van der Waals surface area contributed by atoms with Crippen LogP contribution in [0.15, 0.2) is 102 Å². The molecule has 0 aliphatic rings. The van der Waals surface area contributed by atoms with E-state index in [1.165, 1.54) is 29.2 Å². The Morgan fingerprint density at radius 1 is 0.830 bits per heavy atom. The number of amides is 2. The van der Waals surface area contributed by atoms with Crippen molar-refractivity contribution in [2.75, 3.05) is 24.0 Å². The second-order valence-corrected chi connectivity index (χ2v) is 13.7. The lowest BCUT2D eigenvalue weighted by atomic mass is 10.0. The van der Waals surface area contributed by atoms with Crippen molar-refractivity contribution in [3.05, 3.63) is 123 Å². The molecule has 1 N–H and O–H groups in total. The first kappa shape index (κ1) is 36.1. The normalized spacial score (nSPS) is 11.9. The Hall–Kier alpha value is -3.76. The smallest absolute Gasteiger partial charge is 0.264 e. The zero-order valence-corrected chi connectivity index (χ0v) is 29.1. The van der Waals surface area contributed by atoms with E-state index in [2.05, 4.69) is 5.32 Å². The fraction of sp³-hybridized carbons (Fsp3) is 0.257. The summed E-state index contributed by atoms with van der Waals surface area (Å²) in [6, 6.07) is 25.3. The zero-order chi connectivity index (χ0) is 34.0. The van der Waals surface area contributed by atoms with Gasteiger partial charge in [-0.15, -0.1) is 0 Å². The van der Waals surface area contributed by atoms with Gasteiger partial charge in [0.2, 0.25) is 11.8 Å². The van der Waals surface area contributed by atoms with E-state index in [1.54, 1.807) is 42.5 Å². The molecule has 1 atom stereocenters. The van der Waals surface area contributed by atoms with Crippen LogP contribution in [0.25, 0.3) is 0 Å². The zero-order valence-electron chi connectivity index (χ0n) is 26.0. The first-order valence-corrected chi connectivity index (χ1v) is 17.7. The van der Waals surface area contributed by atoms with E-state index < -0.39 is 28.5 Å². The number of ether oxygens (including phenoxy) is 1. The van der Waals surface area contributed by atoms with Gasteiger partial charge in [0.05, 0.1) is 17.2 Å². The molecule has 0 saturated carbocycles. The third-order valence-corrected chi connectivity index (χ3v) is 10.1. The third-order valence-electron chi connectivity index (χ3n) is 7.33. The second-order valence-electron chi connectivity index (χ2n) is 10.6. The standard InChI is InChI=1S/C35H36Cl3N3O5S/c1-3-21-39-35(43)33(22-25-9-6-5-7-10-25)40(23-30-31(37)11-8-12-32(30)38)34(42)24-41(27-15-17-28(18-16-27)46-4-2)47(44,45)29-19-13-26(36)14-20-29/h5-20,33H,3-4,21-24H2,1-2H3,(H,39,43). The molecule has 47 heavy (non-hydrogen) atoms. The Morgan fingerprint density at radius 3 is 2.06 bits per heavy atom. The SMILES string of the molecule is CCCNC(=O)C(Cc1ccccc1)N(Cc1c(Cl)cccc1Cl)C(=O)CN(c1ccc(OCC)cc1)S(=O)(=O)c1ccc(Cl)cc1. The Bertz CT molecular complexity index is 1740. The van der Waals surface area contributed by atoms with Gasteiger partial charge in [-0.2, -0.15) is 0 Å². The van der Waals surface area contributed by atoms with E-state index in [1.807, 2.05) is 44.2 Å². The van der Waals surface area contributed by atoms with E-state index in [9.17, 15) is 18.0 Å². The van der Waals surface area contributed by atoms with Crippen molar-refractivity contribution >= 4 is 62.3 Å². The van der Waals surface area contributed by atoms with Gasteiger partial charge in [0.25, 0.3) is 10.0 Å². The molecule has 4 aromatic rings. The molecule has 1 unspecified atom stereocenters. The Balaban J connectivity index is 1.83. The third kappa shape index (κ3) is 9.41. The average molecular weight is 717 g/mol. The van der Waals surface area contributed by atoms with E-state index >= 15 is 0 Å². The molecule has 0 aliphatic carbocycles. The predicted octanol–water partition coefficient (Wildman–Crippen LogP) is 7.41. The van der Waals surface area contributed by atoms with Crippen molar-refractivity contribution in [1.82, 2.24) is 10.2 Å². The summed E-state index contributed by atoms with van der Waals surface area (Å²) < 4.78 is 34.9. The molecule has 0 saturated heterocycles. The number of nitrogens with zero attached hydrogens (tertiary/aromatic N) is 2. The fourth-order valence-electron chi connectivity index (χ4n) is 4.91. The molecule has 12 heteroatoms. The van der Waals surface area contributed by atoms with Gasteiger partial charge in [-0.3, -0.25) is 13.9 Å². The molecule has 248 valence electrons. The summed E-state index contributed by atoms with van der Waals surface area (Å²) in [5, 5.41) is 3.88. The lowest BCUT2D eigenvalue weighted by Crippen LogP contribution is -2.53. The van der Waals surface area contributed by atoms with Gasteiger partial charge in [-0.05, 0) is 79.6 Å². The van der Waals surface area contributed by atoms with Crippen molar-refractivity contribution in [1.29, 1.82) is 0 Å². The van der Waals surface area contributed by atoms with E-state index in [4.69, 9.17) is 39.5 Å². The Kier molecular flexibility index (Phi) is 13.0. The molecule has 2 amide bonds. The maximum absolute atomic E-state index is 14.6. The summed E-state index contributed by atoms with van der Waals surface area (Å²) >= 11 is 19.2. The quantitative estimate of drug-likeness (QED) is 0.138. The van der Waals surface area contributed by atoms with Gasteiger partial charge in [-0.1, -0.05) is 78.1 Å². The summed E-state index contributed by atoms with van der Waals surface area (Å²) in [6.07, 6.45) is 0.843. The minimum atomic E-state index is -4.30. The van der Waals surface area contributed by atoms with Crippen LogP contribution in [0.4, 0.5) is 5.69 Å². The van der Waals surface area contributed by atoms with E-state index in [0.29, 0.717) is 46.0 Å². The lowest BCUT2D eigenvalue weighted by Gasteiger charge is -2.34. The van der Waals surface area contributed by atoms with Crippen molar-refractivity contribution in [3.8, 4) is 5.75 Å². The molecule has 0 fully saturated rings. The minimum Gasteiger partial charge on any atom is -0.494 e. The van der Waals surface area contributed by atoms with Gasteiger partial charge < -0.3 is 15.0 Å². The molecule has 0 radical (unpaired) electrons. The van der Waals surface area contributed by atoms with Crippen LogP contribution < -0.4 is 14.4 Å². The number of sulfonamides is 1. The van der Waals surface area contributed by atoms with Crippen molar-refractivity contribution in [2.45, 2.75) is 44.2 Å². The topological polar surface area (TPSA) is 96.0 Å². The van der Waals surface area contributed by atoms with Crippen LogP contribution >= 0.6 is 34.8 Å². The van der Waals surface area contributed by atoms with Gasteiger partial charge >= 0.3 is 0 Å². The van der Waals surface area contributed by atoms with Crippen LogP contribution in [0.2, 0.25) is 15.1 Å². The maximum atomic E-state index is 14.6. The Morgan fingerprint density at radius 2 is 1.47 bits per heavy atom. The molecule has 0 aliphatic heterocycles.